The van der Waals surface area contributed by atoms with Crippen molar-refractivity contribution in [2.45, 2.75) is 0 Å². The molecule has 14 aromatic rings. The fourth-order valence-electron chi connectivity index (χ4n) is 12.2. The van der Waals surface area contributed by atoms with Crippen LogP contribution in [0.4, 0.5) is 68.2 Å². The van der Waals surface area contributed by atoms with Gasteiger partial charge in [0, 0.05) is 75.8 Å². The summed E-state index contributed by atoms with van der Waals surface area (Å²) >= 11 is 11.2. The molecule has 378 valence electrons. The van der Waals surface area contributed by atoms with Crippen molar-refractivity contribution in [3.63, 3.8) is 0 Å². The number of benzene rings is 12. The second kappa shape index (κ2) is 20.1. The van der Waals surface area contributed by atoms with Crippen molar-refractivity contribution < 1.29 is 0 Å². The molecule has 0 unspecified atom stereocenters. The standard InChI is InChI=1S/C36H23BN2S.C36H25ClN2S/c1-3-13-25(14-4-1)38-29-19-10-9-18-28(29)37-34-30(38)20-11-21-31(34)39(26-15-5-2-6-16-26)35-33-27-17-8-7-12-24(27)22-23-32(33)40-36(35)37;37-36-31(38(27-14-4-1-5-15-27)28-16-6-2-7-17-28)21-12-22-32(36)39(29-18-8-3-9-19-29)33-25-40-34-24-23-26-13-10-11-20-30(26)35(33)34/h1-23H;1-25H. The minimum Gasteiger partial charge on any atom is -0.311 e. The summed E-state index contributed by atoms with van der Waals surface area (Å²) in [5, 5.41) is 10.6. The highest BCUT2D eigenvalue weighted by Crippen LogP contribution is 2.52. The van der Waals surface area contributed by atoms with Gasteiger partial charge in [-0.25, -0.2) is 0 Å². The van der Waals surface area contributed by atoms with Crippen molar-refractivity contribution in [3.05, 3.63) is 296 Å². The van der Waals surface area contributed by atoms with E-state index in [9.17, 15) is 0 Å². The molecule has 4 heterocycles. The molecule has 0 fully saturated rings. The van der Waals surface area contributed by atoms with E-state index in [4.69, 9.17) is 11.6 Å². The van der Waals surface area contributed by atoms with E-state index in [0.29, 0.717) is 5.02 Å². The molecule has 2 aliphatic heterocycles. The van der Waals surface area contributed by atoms with Crippen LogP contribution in [0.3, 0.4) is 0 Å². The molecular formula is C72H48BClN4S2. The fraction of sp³-hybridized carbons (Fsp3) is 0. The third-order valence-electron chi connectivity index (χ3n) is 15.6. The average molecular weight is 1080 g/mol. The number of rotatable bonds is 8. The number of nitrogens with zero attached hydrogens (tertiary/aromatic N) is 4. The zero-order valence-corrected chi connectivity index (χ0v) is 45.7. The molecule has 0 bridgehead atoms. The SMILES string of the molecule is Clc1c(N(c2ccccc2)c2ccccc2)cccc1N(c1ccccc1)c1csc2ccc3ccccc3c12.c1ccc(N2c3ccccc3B3c4sc5ccc6ccccc6c5c4N(c4ccccc4)c4cccc2c43)cc1. The van der Waals surface area contributed by atoms with Gasteiger partial charge in [0.1, 0.15) is 0 Å². The fourth-order valence-corrected chi connectivity index (χ4v) is 14.8. The lowest BCUT2D eigenvalue weighted by Crippen LogP contribution is -2.60. The van der Waals surface area contributed by atoms with E-state index in [-0.39, 0.29) is 6.71 Å². The Kier molecular flexibility index (Phi) is 12.0. The maximum Gasteiger partial charge on any atom is 0.264 e. The van der Waals surface area contributed by atoms with Gasteiger partial charge in [0.25, 0.3) is 6.71 Å². The molecule has 0 atom stereocenters. The minimum atomic E-state index is 0.161. The Balaban J connectivity index is 0.000000138. The molecule has 12 aromatic carbocycles. The first-order valence-electron chi connectivity index (χ1n) is 27.0. The highest BCUT2D eigenvalue weighted by molar-refractivity contribution is 7.34. The maximum atomic E-state index is 7.45. The molecule has 2 aromatic heterocycles. The molecule has 8 heteroatoms. The summed E-state index contributed by atoms with van der Waals surface area (Å²) in [6.07, 6.45) is 0. The Morgan fingerprint density at radius 2 is 0.825 bits per heavy atom. The molecular weight excluding hydrogens is 1030 g/mol. The topological polar surface area (TPSA) is 13.0 Å². The van der Waals surface area contributed by atoms with Gasteiger partial charge in [-0.2, -0.15) is 0 Å². The van der Waals surface area contributed by atoms with Gasteiger partial charge >= 0.3 is 0 Å². The summed E-state index contributed by atoms with van der Waals surface area (Å²) in [4.78, 5) is 9.48. The summed E-state index contributed by atoms with van der Waals surface area (Å²) in [5.74, 6) is 0. The summed E-state index contributed by atoms with van der Waals surface area (Å²) < 4.78 is 3.99. The predicted molar refractivity (Wildman–Crippen MR) is 347 cm³/mol. The van der Waals surface area contributed by atoms with Crippen LogP contribution < -0.4 is 35.3 Å². The molecule has 0 aliphatic carbocycles. The van der Waals surface area contributed by atoms with Crippen molar-refractivity contribution in [2.75, 3.05) is 19.6 Å². The monoisotopic (exact) mass is 1080 g/mol. The lowest BCUT2D eigenvalue weighted by atomic mass is 9.36. The van der Waals surface area contributed by atoms with Gasteiger partial charge in [0.05, 0.1) is 27.8 Å². The number of anilines is 12. The molecule has 0 saturated carbocycles. The van der Waals surface area contributed by atoms with Gasteiger partial charge in [0.2, 0.25) is 0 Å². The lowest BCUT2D eigenvalue weighted by molar-refractivity contribution is 1.26. The van der Waals surface area contributed by atoms with E-state index < -0.39 is 0 Å². The normalized spacial score (nSPS) is 12.2. The first-order chi connectivity index (χ1) is 39.7. The highest BCUT2D eigenvalue weighted by atomic mass is 35.5. The molecule has 0 amide bonds. The van der Waals surface area contributed by atoms with Crippen LogP contribution in [0, 0.1) is 0 Å². The Morgan fingerprint density at radius 1 is 0.362 bits per heavy atom. The average Bonchev–Trinajstić information content (AvgIpc) is 4.32. The van der Waals surface area contributed by atoms with Crippen molar-refractivity contribution in [1.82, 2.24) is 0 Å². The molecule has 16 rings (SSSR count). The molecule has 0 N–H and O–H groups in total. The Labute approximate surface area is 478 Å². The zero-order valence-electron chi connectivity index (χ0n) is 43.3. The van der Waals surface area contributed by atoms with Crippen LogP contribution >= 0.6 is 34.3 Å². The van der Waals surface area contributed by atoms with E-state index >= 15 is 0 Å². The van der Waals surface area contributed by atoms with Crippen LogP contribution in [0.1, 0.15) is 0 Å². The van der Waals surface area contributed by atoms with Crippen LogP contribution in [0.5, 0.6) is 0 Å². The first-order valence-corrected chi connectivity index (χ1v) is 29.0. The van der Waals surface area contributed by atoms with E-state index in [1.54, 1.807) is 11.3 Å². The van der Waals surface area contributed by atoms with Crippen LogP contribution in [0.15, 0.2) is 290 Å². The van der Waals surface area contributed by atoms with Gasteiger partial charge in [-0.3, -0.25) is 0 Å². The predicted octanol–water partition coefficient (Wildman–Crippen LogP) is 19.8. The van der Waals surface area contributed by atoms with Crippen molar-refractivity contribution in [3.8, 4) is 0 Å². The van der Waals surface area contributed by atoms with Gasteiger partial charge in [-0.15, -0.1) is 22.7 Å². The molecule has 4 nitrogen and oxygen atoms in total. The number of fused-ring (bicyclic) bond motifs is 11. The summed E-state index contributed by atoms with van der Waals surface area (Å²) in [5.41, 5.74) is 16.3. The van der Waals surface area contributed by atoms with Gasteiger partial charge in [0.15, 0.2) is 0 Å². The van der Waals surface area contributed by atoms with Crippen LogP contribution in [-0.2, 0) is 0 Å². The Bertz CT molecular complexity index is 4550. The van der Waals surface area contributed by atoms with Crippen LogP contribution in [0.25, 0.3) is 41.7 Å². The van der Waals surface area contributed by atoms with E-state index in [1.165, 1.54) is 91.5 Å². The summed E-state index contributed by atoms with van der Waals surface area (Å²) in [7, 11) is 0. The van der Waals surface area contributed by atoms with E-state index in [2.05, 4.69) is 292 Å². The van der Waals surface area contributed by atoms with Gasteiger partial charge < -0.3 is 19.6 Å². The minimum absolute atomic E-state index is 0.161. The number of para-hydroxylation sites is 6. The number of hydrogen-bond acceptors (Lipinski definition) is 6. The third kappa shape index (κ3) is 7.96. The summed E-state index contributed by atoms with van der Waals surface area (Å²) in [6, 6.07) is 101. The second-order valence-corrected chi connectivity index (χ2v) is 22.5. The maximum absolute atomic E-state index is 7.45. The number of thiophene rings is 2. The van der Waals surface area contributed by atoms with Crippen LogP contribution in [0.2, 0.25) is 5.02 Å². The zero-order chi connectivity index (χ0) is 53.1. The van der Waals surface area contributed by atoms with Crippen LogP contribution in [-0.4, -0.2) is 6.71 Å². The van der Waals surface area contributed by atoms with Crippen molar-refractivity contribution in [2.24, 2.45) is 0 Å². The van der Waals surface area contributed by atoms with Gasteiger partial charge in [-0.05, 0) is 136 Å². The van der Waals surface area contributed by atoms with Gasteiger partial charge in [-0.1, -0.05) is 194 Å². The smallest absolute Gasteiger partial charge is 0.264 e. The quantitative estimate of drug-likeness (QED) is 0.141. The molecule has 80 heavy (non-hydrogen) atoms. The number of halogens is 1. The Morgan fingerprint density at radius 3 is 1.45 bits per heavy atom. The highest BCUT2D eigenvalue weighted by Gasteiger charge is 2.45. The van der Waals surface area contributed by atoms with Crippen molar-refractivity contribution in [1.29, 1.82) is 0 Å². The molecule has 0 spiro atoms. The van der Waals surface area contributed by atoms with E-state index in [0.717, 1.165) is 34.1 Å². The second-order valence-electron chi connectivity index (χ2n) is 20.1. The van der Waals surface area contributed by atoms with E-state index in [1.807, 2.05) is 29.5 Å². The Hall–Kier alpha value is -9.37. The third-order valence-corrected chi connectivity index (χ3v) is 18.1. The summed E-state index contributed by atoms with van der Waals surface area (Å²) in [6.45, 7) is 0.161. The van der Waals surface area contributed by atoms with Crippen molar-refractivity contribution >= 4 is 167 Å². The molecule has 0 radical (unpaired) electrons. The lowest BCUT2D eigenvalue weighted by Gasteiger charge is -2.43. The number of hydrogen-bond donors (Lipinski definition) is 0. The molecule has 2 aliphatic rings. The largest absolute Gasteiger partial charge is 0.311 e. The first kappa shape index (κ1) is 47.8. The molecule has 0 saturated heterocycles.